The molecule has 20 heavy (non-hydrogen) atoms. The SMILES string of the molecule is CCN(C(=O)c1ccc(NN)cc1C)c1ccccc1. The molecule has 2 aromatic rings. The molecule has 0 fully saturated rings. The van der Waals surface area contributed by atoms with Crippen LogP contribution in [0.3, 0.4) is 0 Å². The standard InChI is InChI=1S/C16H19N3O/c1-3-19(14-7-5-4-6-8-14)16(20)15-10-9-13(18-17)11-12(15)2/h4-11,18H,3,17H2,1-2H3. The number of benzene rings is 2. The fourth-order valence-electron chi connectivity index (χ4n) is 2.19. The van der Waals surface area contributed by atoms with Crippen LogP contribution in [-0.2, 0) is 0 Å². The van der Waals surface area contributed by atoms with Crippen molar-refractivity contribution in [2.24, 2.45) is 5.84 Å². The molecule has 0 atom stereocenters. The van der Waals surface area contributed by atoms with Crippen molar-refractivity contribution in [2.45, 2.75) is 13.8 Å². The molecule has 0 bridgehead atoms. The first kappa shape index (κ1) is 14.1. The van der Waals surface area contributed by atoms with Crippen LogP contribution < -0.4 is 16.2 Å². The molecule has 0 aliphatic heterocycles. The van der Waals surface area contributed by atoms with Crippen molar-refractivity contribution in [1.82, 2.24) is 0 Å². The zero-order chi connectivity index (χ0) is 14.5. The molecule has 3 N–H and O–H groups in total. The Morgan fingerprint density at radius 2 is 1.90 bits per heavy atom. The second-order valence-electron chi connectivity index (χ2n) is 4.56. The van der Waals surface area contributed by atoms with Crippen molar-refractivity contribution in [2.75, 3.05) is 16.9 Å². The molecule has 104 valence electrons. The van der Waals surface area contributed by atoms with E-state index in [9.17, 15) is 4.79 Å². The minimum Gasteiger partial charge on any atom is -0.324 e. The first-order valence-corrected chi connectivity index (χ1v) is 6.61. The highest BCUT2D eigenvalue weighted by molar-refractivity contribution is 6.07. The molecule has 4 heteroatoms. The van der Waals surface area contributed by atoms with Gasteiger partial charge in [-0.15, -0.1) is 0 Å². The van der Waals surface area contributed by atoms with E-state index in [1.54, 1.807) is 17.0 Å². The largest absolute Gasteiger partial charge is 0.324 e. The first-order valence-electron chi connectivity index (χ1n) is 6.61. The molecule has 2 rings (SSSR count). The summed E-state index contributed by atoms with van der Waals surface area (Å²) in [5.74, 6) is 5.38. The van der Waals surface area contributed by atoms with E-state index < -0.39 is 0 Å². The Kier molecular flexibility index (Phi) is 4.38. The van der Waals surface area contributed by atoms with Gasteiger partial charge in [0.15, 0.2) is 0 Å². The van der Waals surface area contributed by atoms with Crippen LogP contribution in [-0.4, -0.2) is 12.5 Å². The van der Waals surface area contributed by atoms with Crippen molar-refractivity contribution in [3.63, 3.8) is 0 Å². The highest BCUT2D eigenvalue weighted by Gasteiger charge is 2.17. The Labute approximate surface area is 119 Å². The van der Waals surface area contributed by atoms with Crippen molar-refractivity contribution >= 4 is 17.3 Å². The van der Waals surface area contributed by atoms with Crippen molar-refractivity contribution in [3.05, 3.63) is 59.7 Å². The third-order valence-electron chi connectivity index (χ3n) is 3.25. The summed E-state index contributed by atoms with van der Waals surface area (Å²) in [4.78, 5) is 14.4. The number of rotatable bonds is 4. The normalized spacial score (nSPS) is 10.2. The summed E-state index contributed by atoms with van der Waals surface area (Å²) in [6, 6.07) is 15.1. The van der Waals surface area contributed by atoms with Crippen molar-refractivity contribution < 1.29 is 4.79 Å². The topological polar surface area (TPSA) is 58.4 Å². The molecule has 0 aliphatic rings. The first-order chi connectivity index (χ1) is 9.67. The molecule has 0 saturated carbocycles. The molecule has 0 aromatic heterocycles. The maximum Gasteiger partial charge on any atom is 0.258 e. The van der Waals surface area contributed by atoms with Gasteiger partial charge in [-0.3, -0.25) is 10.6 Å². The second-order valence-corrected chi connectivity index (χ2v) is 4.56. The van der Waals surface area contributed by atoms with Crippen molar-refractivity contribution in [1.29, 1.82) is 0 Å². The minimum absolute atomic E-state index is 0.000212. The molecular formula is C16H19N3O. The molecule has 0 spiro atoms. The average molecular weight is 269 g/mol. The lowest BCUT2D eigenvalue weighted by molar-refractivity contribution is 0.0988. The fraction of sp³-hybridized carbons (Fsp3) is 0.188. The summed E-state index contributed by atoms with van der Waals surface area (Å²) in [6.45, 7) is 4.50. The average Bonchev–Trinajstić information content (AvgIpc) is 2.48. The predicted octanol–water partition coefficient (Wildman–Crippen LogP) is 2.95. The third kappa shape index (κ3) is 2.81. The predicted molar refractivity (Wildman–Crippen MR) is 82.8 cm³/mol. The van der Waals surface area contributed by atoms with Crippen LogP contribution in [0.4, 0.5) is 11.4 Å². The quantitative estimate of drug-likeness (QED) is 0.662. The van der Waals surface area contributed by atoms with Crippen LogP contribution in [0.1, 0.15) is 22.8 Å². The molecule has 4 nitrogen and oxygen atoms in total. The maximum atomic E-state index is 12.7. The summed E-state index contributed by atoms with van der Waals surface area (Å²) in [7, 11) is 0. The molecular weight excluding hydrogens is 250 g/mol. The Morgan fingerprint density at radius 1 is 1.20 bits per heavy atom. The van der Waals surface area contributed by atoms with Gasteiger partial charge in [0.25, 0.3) is 5.91 Å². The third-order valence-corrected chi connectivity index (χ3v) is 3.25. The van der Waals surface area contributed by atoms with E-state index in [4.69, 9.17) is 5.84 Å². The molecule has 0 saturated heterocycles. The zero-order valence-electron chi connectivity index (χ0n) is 11.8. The summed E-state index contributed by atoms with van der Waals surface area (Å²) in [5, 5.41) is 0. The molecule has 2 aromatic carbocycles. The molecule has 0 radical (unpaired) electrons. The molecule has 0 unspecified atom stereocenters. The molecule has 1 amide bonds. The second kappa shape index (κ2) is 6.21. The zero-order valence-corrected chi connectivity index (χ0v) is 11.8. The van der Waals surface area contributed by atoms with Crippen LogP contribution >= 0.6 is 0 Å². The Hall–Kier alpha value is -2.33. The van der Waals surface area contributed by atoms with Gasteiger partial charge < -0.3 is 10.3 Å². The maximum absolute atomic E-state index is 12.7. The number of hydrogen-bond acceptors (Lipinski definition) is 3. The number of hydrazine groups is 1. The number of para-hydroxylation sites is 1. The number of nitrogen functional groups attached to an aromatic ring is 1. The summed E-state index contributed by atoms with van der Waals surface area (Å²) in [6.07, 6.45) is 0. The Morgan fingerprint density at radius 3 is 2.45 bits per heavy atom. The lowest BCUT2D eigenvalue weighted by atomic mass is 10.1. The monoisotopic (exact) mass is 269 g/mol. The van der Waals surface area contributed by atoms with Crippen LogP contribution in [0.15, 0.2) is 48.5 Å². The van der Waals surface area contributed by atoms with E-state index in [1.165, 1.54) is 0 Å². The summed E-state index contributed by atoms with van der Waals surface area (Å²) in [5.41, 5.74) is 5.87. The van der Waals surface area contributed by atoms with Gasteiger partial charge in [-0.05, 0) is 49.7 Å². The fourth-order valence-corrected chi connectivity index (χ4v) is 2.19. The number of amides is 1. The van der Waals surface area contributed by atoms with Gasteiger partial charge in [-0.2, -0.15) is 0 Å². The van der Waals surface area contributed by atoms with Gasteiger partial charge in [-0.25, -0.2) is 0 Å². The number of carbonyl (C=O) groups excluding carboxylic acids is 1. The van der Waals surface area contributed by atoms with E-state index >= 15 is 0 Å². The number of carbonyl (C=O) groups is 1. The van der Waals surface area contributed by atoms with Gasteiger partial charge in [-0.1, -0.05) is 18.2 Å². The lowest BCUT2D eigenvalue weighted by Gasteiger charge is -2.22. The van der Waals surface area contributed by atoms with E-state index in [0.29, 0.717) is 12.1 Å². The number of hydrogen-bond donors (Lipinski definition) is 2. The number of nitrogens with zero attached hydrogens (tertiary/aromatic N) is 1. The summed E-state index contributed by atoms with van der Waals surface area (Å²) >= 11 is 0. The molecule has 0 aliphatic carbocycles. The number of nitrogens with two attached hydrogens (primary N) is 1. The summed E-state index contributed by atoms with van der Waals surface area (Å²) < 4.78 is 0. The van der Waals surface area contributed by atoms with Gasteiger partial charge in [0, 0.05) is 23.5 Å². The van der Waals surface area contributed by atoms with E-state index in [1.807, 2.05) is 50.2 Å². The van der Waals surface area contributed by atoms with E-state index in [2.05, 4.69) is 5.43 Å². The Bertz CT molecular complexity index is 596. The smallest absolute Gasteiger partial charge is 0.258 e. The van der Waals surface area contributed by atoms with Crippen LogP contribution in [0.5, 0.6) is 0 Å². The number of anilines is 2. The van der Waals surface area contributed by atoms with Crippen LogP contribution in [0.2, 0.25) is 0 Å². The highest BCUT2D eigenvalue weighted by Crippen LogP contribution is 2.20. The van der Waals surface area contributed by atoms with E-state index in [-0.39, 0.29) is 5.91 Å². The van der Waals surface area contributed by atoms with Gasteiger partial charge in [0.2, 0.25) is 0 Å². The Balaban J connectivity index is 2.34. The van der Waals surface area contributed by atoms with Crippen LogP contribution in [0, 0.1) is 6.92 Å². The number of aryl methyl sites for hydroxylation is 1. The highest BCUT2D eigenvalue weighted by atomic mass is 16.2. The van der Waals surface area contributed by atoms with Gasteiger partial charge >= 0.3 is 0 Å². The van der Waals surface area contributed by atoms with E-state index in [0.717, 1.165) is 16.9 Å². The van der Waals surface area contributed by atoms with Crippen LogP contribution in [0.25, 0.3) is 0 Å². The minimum atomic E-state index is -0.000212. The van der Waals surface area contributed by atoms with Gasteiger partial charge in [0.05, 0.1) is 0 Å². The number of nitrogens with one attached hydrogen (secondary N) is 1. The van der Waals surface area contributed by atoms with Crippen molar-refractivity contribution in [3.8, 4) is 0 Å². The van der Waals surface area contributed by atoms with Gasteiger partial charge in [0.1, 0.15) is 0 Å². The molecule has 0 heterocycles. The lowest BCUT2D eigenvalue weighted by Crippen LogP contribution is -2.31.